The van der Waals surface area contributed by atoms with E-state index in [0.29, 0.717) is 25.2 Å². The third-order valence-corrected chi connectivity index (χ3v) is 8.68. The predicted octanol–water partition coefficient (Wildman–Crippen LogP) is 2.66. The summed E-state index contributed by atoms with van der Waals surface area (Å²) in [5.41, 5.74) is 2.96. The van der Waals surface area contributed by atoms with Crippen LogP contribution in [0.2, 0.25) is 0 Å². The Bertz CT molecular complexity index is 1050. The first kappa shape index (κ1) is 21.8. The molecule has 2 heterocycles. The first-order valence-electron chi connectivity index (χ1n) is 12.8. The van der Waals surface area contributed by atoms with Gasteiger partial charge in [0.2, 0.25) is 5.91 Å². The molecule has 7 nitrogen and oxygen atoms in total. The molecule has 2 N–H and O–H groups in total. The lowest BCUT2D eigenvalue weighted by Gasteiger charge is -2.57. The van der Waals surface area contributed by atoms with Crippen molar-refractivity contribution in [1.29, 1.82) is 5.26 Å². The number of benzene rings is 1. The van der Waals surface area contributed by atoms with Crippen molar-refractivity contribution in [1.82, 2.24) is 25.1 Å². The minimum atomic E-state index is -0.153. The maximum atomic E-state index is 13.6. The number of carbonyl (C=O) groups excluding carboxylic acids is 1. The molecule has 4 aliphatic carbocycles. The minimum Gasteiger partial charge on any atom is -0.349 e. The maximum absolute atomic E-state index is 13.6. The molecular weight excluding hydrogens is 424 g/mol. The summed E-state index contributed by atoms with van der Waals surface area (Å²) in [6.45, 7) is 3.85. The van der Waals surface area contributed by atoms with Crippen molar-refractivity contribution in [2.75, 3.05) is 19.6 Å². The quantitative estimate of drug-likeness (QED) is 0.695. The molecule has 1 amide bonds. The van der Waals surface area contributed by atoms with Gasteiger partial charge in [-0.15, -0.1) is 0 Å². The molecular formula is C27H34N6O. The summed E-state index contributed by atoms with van der Waals surface area (Å²) in [7, 11) is 0. The fraction of sp³-hybridized carbons (Fsp3) is 0.593. The molecule has 1 aromatic carbocycles. The highest BCUT2D eigenvalue weighted by Gasteiger charge is 2.52. The smallest absolute Gasteiger partial charge is 0.239 e. The number of rotatable bonds is 6. The van der Waals surface area contributed by atoms with Crippen molar-refractivity contribution >= 4 is 5.91 Å². The van der Waals surface area contributed by atoms with E-state index in [1.165, 1.54) is 38.5 Å². The van der Waals surface area contributed by atoms with Gasteiger partial charge in [0.05, 0.1) is 23.7 Å². The van der Waals surface area contributed by atoms with Crippen molar-refractivity contribution in [2.45, 2.75) is 63.2 Å². The molecule has 1 saturated heterocycles. The van der Waals surface area contributed by atoms with Gasteiger partial charge in [0.25, 0.3) is 0 Å². The maximum Gasteiger partial charge on any atom is 0.239 e. The molecule has 2 aromatic rings. The fourth-order valence-corrected chi connectivity index (χ4v) is 7.51. The zero-order chi connectivity index (χ0) is 23.1. The van der Waals surface area contributed by atoms with E-state index in [-0.39, 0.29) is 17.5 Å². The Morgan fingerprint density at radius 2 is 1.82 bits per heavy atom. The summed E-state index contributed by atoms with van der Waals surface area (Å²) in [5.74, 6) is 2.67. The number of amides is 1. The van der Waals surface area contributed by atoms with Gasteiger partial charge in [-0.3, -0.25) is 9.69 Å². The molecule has 0 spiro atoms. The van der Waals surface area contributed by atoms with Crippen LogP contribution in [-0.2, 0) is 17.9 Å². The lowest BCUT2D eigenvalue weighted by Crippen LogP contribution is -2.65. The van der Waals surface area contributed by atoms with Gasteiger partial charge in [-0.25, -0.2) is 4.98 Å². The van der Waals surface area contributed by atoms with Gasteiger partial charge in [0.1, 0.15) is 6.04 Å². The molecule has 1 atom stereocenters. The first-order valence-corrected chi connectivity index (χ1v) is 12.8. The molecule has 7 heteroatoms. The summed E-state index contributed by atoms with van der Waals surface area (Å²) in [6.07, 6.45) is 11.5. The highest BCUT2D eigenvalue weighted by molar-refractivity contribution is 5.83. The highest BCUT2D eigenvalue weighted by Crippen LogP contribution is 2.55. The van der Waals surface area contributed by atoms with Crippen LogP contribution >= 0.6 is 0 Å². The van der Waals surface area contributed by atoms with Crippen LogP contribution in [0.25, 0.3) is 0 Å². The SMILES string of the molecule is N#Cc1ccc(Cn2cncc2CN2CCNCC2C(=O)NC23CC4CC(CC(C4)C2)C3)cc1. The number of nitriles is 1. The second-order valence-electron chi connectivity index (χ2n) is 11.2. The summed E-state index contributed by atoms with van der Waals surface area (Å²) in [5, 5.41) is 16.1. The topological polar surface area (TPSA) is 86.0 Å². The summed E-state index contributed by atoms with van der Waals surface area (Å²) >= 11 is 0. The standard InChI is InChI=1S/C27H34N6O/c28-13-19-1-3-20(4-2-19)16-33-18-30-14-24(33)17-32-6-5-29-15-25(32)26(34)31-27-10-21-7-22(11-27)9-23(8-21)12-27/h1-4,14,18,21-23,25,29H,5-12,15-17H2,(H,31,34). The van der Waals surface area contributed by atoms with Gasteiger partial charge in [-0.2, -0.15) is 5.26 Å². The molecule has 5 aliphatic rings. The Kier molecular flexibility index (Phi) is 5.66. The molecule has 178 valence electrons. The van der Waals surface area contributed by atoms with E-state index in [9.17, 15) is 4.79 Å². The van der Waals surface area contributed by atoms with Crippen LogP contribution in [-0.4, -0.2) is 51.6 Å². The van der Waals surface area contributed by atoms with E-state index in [0.717, 1.165) is 42.1 Å². The van der Waals surface area contributed by atoms with Crippen LogP contribution in [0.4, 0.5) is 0 Å². The van der Waals surface area contributed by atoms with Crippen molar-refractivity contribution in [3.8, 4) is 6.07 Å². The van der Waals surface area contributed by atoms with Gasteiger partial charge in [0, 0.05) is 44.5 Å². The molecule has 1 unspecified atom stereocenters. The minimum absolute atomic E-state index is 0.0479. The predicted molar refractivity (Wildman–Crippen MR) is 129 cm³/mol. The number of hydrogen-bond donors (Lipinski definition) is 2. The number of piperazine rings is 1. The third-order valence-electron chi connectivity index (χ3n) is 8.68. The first-order chi connectivity index (χ1) is 16.6. The fourth-order valence-electron chi connectivity index (χ4n) is 7.51. The third kappa shape index (κ3) is 4.25. The van der Waals surface area contributed by atoms with Crippen molar-refractivity contribution in [2.24, 2.45) is 17.8 Å². The number of hydrogen-bond acceptors (Lipinski definition) is 5. The van der Waals surface area contributed by atoms with Gasteiger partial charge < -0.3 is 15.2 Å². The van der Waals surface area contributed by atoms with Crippen molar-refractivity contribution in [3.63, 3.8) is 0 Å². The monoisotopic (exact) mass is 458 g/mol. The second kappa shape index (κ2) is 8.83. The molecule has 34 heavy (non-hydrogen) atoms. The lowest BCUT2D eigenvalue weighted by molar-refractivity contribution is -0.133. The number of aromatic nitrogens is 2. The van der Waals surface area contributed by atoms with E-state index < -0.39 is 0 Å². The summed E-state index contributed by atoms with van der Waals surface area (Å²) in [6, 6.07) is 9.72. The highest BCUT2D eigenvalue weighted by atomic mass is 16.2. The summed E-state index contributed by atoms with van der Waals surface area (Å²) in [4.78, 5) is 20.3. The average molecular weight is 459 g/mol. The summed E-state index contributed by atoms with van der Waals surface area (Å²) < 4.78 is 2.15. The van der Waals surface area contributed by atoms with Crippen LogP contribution in [0.5, 0.6) is 0 Å². The van der Waals surface area contributed by atoms with E-state index in [1.54, 1.807) is 0 Å². The average Bonchev–Trinajstić information content (AvgIpc) is 3.25. The normalized spacial score (nSPS) is 32.4. The van der Waals surface area contributed by atoms with E-state index in [2.05, 4.69) is 31.2 Å². The van der Waals surface area contributed by atoms with E-state index in [4.69, 9.17) is 5.26 Å². The van der Waals surface area contributed by atoms with Crippen LogP contribution in [0.1, 0.15) is 55.3 Å². The Morgan fingerprint density at radius 1 is 1.12 bits per heavy atom. The van der Waals surface area contributed by atoms with E-state index in [1.807, 2.05) is 36.8 Å². The van der Waals surface area contributed by atoms with Crippen LogP contribution in [0.15, 0.2) is 36.8 Å². The number of nitrogens with zero attached hydrogens (tertiary/aromatic N) is 4. The zero-order valence-electron chi connectivity index (χ0n) is 19.7. The number of nitrogens with one attached hydrogen (secondary N) is 2. The second-order valence-corrected chi connectivity index (χ2v) is 11.2. The molecule has 7 rings (SSSR count). The van der Waals surface area contributed by atoms with Gasteiger partial charge >= 0.3 is 0 Å². The van der Waals surface area contributed by atoms with Crippen LogP contribution < -0.4 is 10.6 Å². The lowest BCUT2D eigenvalue weighted by atomic mass is 9.53. The Balaban J connectivity index is 1.14. The molecule has 0 radical (unpaired) electrons. The molecule has 1 aliphatic heterocycles. The molecule has 4 saturated carbocycles. The van der Waals surface area contributed by atoms with Crippen molar-refractivity contribution < 1.29 is 4.79 Å². The van der Waals surface area contributed by atoms with Gasteiger partial charge in [-0.1, -0.05) is 12.1 Å². The Labute approximate surface area is 201 Å². The van der Waals surface area contributed by atoms with E-state index >= 15 is 0 Å². The molecule has 5 fully saturated rings. The zero-order valence-corrected chi connectivity index (χ0v) is 19.7. The number of carbonyl (C=O) groups is 1. The van der Waals surface area contributed by atoms with Gasteiger partial charge in [0.15, 0.2) is 0 Å². The molecule has 4 bridgehead atoms. The number of imidazole rings is 1. The Hall–Kier alpha value is -2.69. The van der Waals surface area contributed by atoms with Gasteiger partial charge in [-0.05, 0) is 74.0 Å². The van der Waals surface area contributed by atoms with Crippen LogP contribution in [0, 0.1) is 29.1 Å². The van der Waals surface area contributed by atoms with Crippen molar-refractivity contribution in [3.05, 3.63) is 53.6 Å². The largest absolute Gasteiger partial charge is 0.349 e. The Morgan fingerprint density at radius 3 is 2.50 bits per heavy atom. The molecule has 1 aromatic heterocycles. The van der Waals surface area contributed by atoms with Crippen LogP contribution in [0.3, 0.4) is 0 Å².